The van der Waals surface area contributed by atoms with Crippen molar-refractivity contribution in [1.82, 2.24) is 9.55 Å². The van der Waals surface area contributed by atoms with Crippen LogP contribution in [0.2, 0.25) is 0 Å². The summed E-state index contributed by atoms with van der Waals surface area (Å²) < 4.78 is 4.05. The van der Waals surface area contributed by atoms with Crippen LogP contribution in [0.15, 0.2) is 47.8 Å². The van der Waals surface area contributed by atoms with Gasteiger partial charge in [-0.05, 0) is 52.8 Å². The molecule has 3 nitrogen and oxygen atoms in total. The predicted octanol–water partition coefficient (Wildman–Crippen LogP) is 4.83. The van der Waals surface area contributed by atoms with E-state index in [2.05, 4.69) is 45.3 Å². The first-order chi connectivity index (χ1) is 10.8. The van der Waals surface area contributed by atoms with Gasteiger partial charge in [0.1, 0.15) is 0 Å². The summed E-state index contributed by atoms with van der Waals surface area (Å²) in [6.45, 7) is 0.731. The molecule has 1 N–H and O–H groups in total. The van der Waals surface area contributed by atoms with Crippen molar-refractivity contribution in [1.29, 1.82) is 5.26 Å². The average molecular weight is 321 g/mol. The molecule has 0 fully saturated rings. The smallest absolute Gasteiger partial charge is 0.178 e. The molecule has 0 spiro atoms. The van der Waals surface area contributed by atoms with Crippen LogP contribution in [0.3, 0.4) is 0 Å². The number of hydrogen-bond acceptors (Lipinski definition) is 3. The summed E-state index contributed by atoms with van der Waals surface area (Å²) in [4.78, 5) is 3.19. The number of aromatic amines is 1. The molecule has 0 aliphatic carbocycles. The first kappa shape index (κ1) is 13.3. The Labute approximate surface area is 136 Å². The summed E-state index contributed by atoms with van der Waals surface area (Å²) in [7, 11) is 0. The van der Waals surface area contributed by atoms with Crippen LogP contribution in [-0.4, -0.2) is 9.55 Å². The summed E-state index contributed by atoms with van der Waals surface area (Å²) in [6.07, 6.45) is 0. The Kier molecular flexibility index (Phi) is 3.07. The molecule has 106 valence electrons. The molecule has 0 amide bonds. The Morgan fingerprint density at radius 3 is 2.95 bits per heavy atom. The molecule has 0 unspecified atom stereocenters. The predicted molar refractivity (Wildman–Crippen MR) is 92.8 cm³/mol. The highest BCUT2D eigenvalue weighted by Crippen LogP contribution is 2.27. The summed E-state index contributed by atoms with van der Waals surface area (Å²) in [5.74, 6) is 0. The normalized spacial score (nSPS) is 11.0. The number of aromatic nitrogens is 2. The summed E-state index contributed by atoms with van der Waals surface area (Å²) >= 11 is 7.21. The van der Waals surface area contributed by atoms with Crippen LogP contribution in [0.1, 0.15) is 11.1 Å². The number of H-pyrrole nitrogens is 1. The molecule has 4 aromatic rings. The molecule has 0 radical (unpaired) electrons. The number of fused-ring (bicyclic) bond motifs is 2. The molecule has 0 saturated carbocycles. The standard InChI is InChI=1S/C17H11N3S2/c18-8-11-5-6-15-14(7-11)19-17(21)20(15)9-12-10-22-16-4-2-1-3-13(12)16/h1-7,10H,9H2,(H,19,21). The Bertz CT molecular complexity index is 1090. The molecule has 2 heterocycles. The first-order valence-corrected chi connectivity index (χ1v) is 8.13. The molecular weight excluding hydrogens is 310 g/mol. The van der Waals surface area contributed by atoms with Gasteiger partial charge in [-0.2, -0.15) is 5.26 Å². The molecule has 5 heteroatoms. The lowest BCUT2D eigenvalue weighted by Gasteiger charge is -2.04. The second-order valence-electron chi connectivity index (χ2n) is 5.12. The van der Waals surface area contributed by atoms with Gasteiger partial charge in [-0.15, -0.1) is 11.3 Å². The van der Waals surface area contributed by atoms with Gasteiger partial charge in [0.15, 0.2) is 4.77 Å². The number of nitrogens with zero attached hydrogens (tertiary/aromatic N) is 2. The van der Waals surface area contributed by atoms with E-state index in [0.29, 0.717) is 10.3 Å². The maximum Gasteiger partial charge on any atom is 0.178 e. The van der Waals surface area contributed by atoms with E-state index in [-0.39, 0.29) is 0 Å². The first-order valence-electron chi connectivity index (χ1n) is 6.84. The Balaban J connectivity index is 1.86. The number of hydrogen-bond donors (Lipinski definition) is 1. The zero-order chi connectivity index (χ0) is 15.1. The van der Waals surface area contributed by atoms with Crippen molar-refractivity contribution in [3.05, 3.63) is 63.7 Å². The van der Waals surface area contributed by atoms with Gasteiger partial charge in [-0.3, -0.25) is 0 Å². The van der Waals surface area contributed by atoms with Crippen LogP contribution in [0.4, 0.5) is 0 Å². The number of nitriles is 1. The van der Waals surface area contributed by atoms with E-state index >= 15 is 0 Å². The molecule has 0 aliphatic rings. The van der Waals surface area contributed by atoms with Crippen molar-refractivity contribution >= 4 is 44.7 Å². The third kappa shape index (κ3) is 2.05. The van der Waals surface area contributed by atoms with Crippen molar-refractivity contribution in [2.75, 3.05) is 0 Å². The molecule has 0 bridgehead atoms. The van der Waals surface area contributed by atoms with Gasteiger partial charge in [-0.25, -0.2) is 0 Å². The topological polar surface area (TPSA) is 44.5 Å². The molecule has 22 heavy (non-hydrogen) atoms. The van der Waals surface area contributed by atoms with Crippen LogP contribution in [-0.2, 0) is 6.54 Å². The fourth-order valence-electron chi connectivity index (χ4n) is 2.72. The van der Waals surface area contributed by atoms with Gasteiger partial charge in [-0.1, -0.05) is 18.2 Å². The number of thiophene rings is 1. The van der Waals surface area contributed by atoms with Crippen LogP contribution in [0, 0.1) is 16.1 Å². The summed E-state index contributed by atoms with van der Waals surface area (Å²) in [5.41, 5.74) is 3.83. The third-order valence-corrected chi connectivity index (χ3v) is 5.13. The fraction of sp³-hybridized carbons (Fsp3) is 0.0588. The SMILES string of the molecule is N#Cc1ccc2c(c1)[nH]c(=S)n2Cc1csc2ccccc12. The lowest BCUT2D eigenvalue weighted by Crippen LogP contribution is -1.98. The highest BCUT2D eigenvalue weighted by Gasteiger charge is 2.09. The number of nitrogens with one attached hydrogen (secondary N) is 1. The van der Waals surface area contributed by atoms with Gasteiger partial charge < -0.3 is 9.55 Å². The highest BCUT2D eigenvalue weighted by molar-refractivity contribution is 7.71. The average Bonchev–Trinajstić information content (AvgIpc) is 3.09. The van der Waals surface area contributed by atoms with Crippen molar-refractivity contribution in [3.63, 3.8) is 0 Å². The Hall–Kier alpha value is -2.42. The molecule has 0 saturated heterocycles. The second kappa shape index (κ2) is 5.09. The van der Waals surface area contributed by atoms with Gasteiger partial charge >= 0.3 is 0 Å². The highest BCUT2D eigenvalue weighted by atomic mass is 32.1. The quantitative estimate of drug-likeness (QED) is 0.537. The zero-order valence-electron chi connectivity index (χ0n) is 11.5. The van der Waals surface area contributed by atoms with Gasteiger partial charge in [0.2, 0.25) is 0 Å². The summed E-state index contributed by atoms with van der Waals surface area (Å²) in [6, 6.07) is 16.2. The van der Waals surface area contributed by atoms with E-state index in [1.54, 1.807) is 11.3 Å². The van der Waals surface area contributed by atoms with E-state index in [4.69, 9.17) is 17.5 Å². The van der Waals surface area contributed by atoms with E-state index in [1.807, 2.05) is 18.2 Å². The molecule has 0 atom stereocenters. The minimum Gasteiger partial charge on any atom is -0.331 e. The summed E-state index contributed by atoms with van der Waals surface area (Å²) in [5, 5.41) is 12.5. The van der Waals surface area contributed by atoms with E-state index < -0.39 is 0 Å². The Morgan fingerprint density at radius 2 is 2.09 bits per heavy atom. The number of rotatable bonds is 2. The maximum absolute atomic E-state index is 9.00. The van der Waals surface area contributed by atoms with Crippen molar-refractivity contribution < 1.29 is 0 Å². The second-order valence-corrected chi connectivity index (χ2v) is 6.42. The third-order valence-electron chi connectivity index (χ3n) is 3.79. The van der Waals surface area contributed by atoms with Gasteiger partial charge in [0.05, 0.1) is 29.2 Å². The van der Waals surface area contributed by atoms with Gasteiger partial charge in [0, 0.05) is 4.70 Å². The molecular formula is C17H11N3S2. The van der Waals surface area contributed by atoms with Crippen LogP contribution in [0.25, 0.3) is 21.1 Å². The van der Waals surface area contributed by atoms with Crippen LogP contribution < -0.4 is 0 Å². The minimum absolute atomic E-state index is 0.636. The Morgan fingerprint density at radius 1 is 1.23 bits per heavy atom. The van der Waals surface area contributed by atoms with E-state index in [9.17, 15) is 0 Å². The zero-order valence-corrected chi connectivity index (χ0v) is 13.2. The van der Waals surface area contributed by atoms with Crippen molar-refractivity contribution in [3.8, 4) is 6.07 Å². The monoisotopic (exact) mass is 321 g/mol. The molecule has 4 rings (SSSR count). The number of benzene rings is 2. The lowest BCUT2D eigenvalue weighted by molar-refractivity contribution is 0.818. The fourth-order valence-corrected chi connectivity index (χ4v) is 3.94. The molecule has 2 aromatic heterocycles. The maximum atomic E-state index is 9.00. The van der Waals surface area contributed by atoms with Crippen LogP contribution >= 0.6 is 23.6 Å². The van der Waals surface area contributed by atoms with Gasteiger partial charge in [0.25, 0.3) is 0 Å². The van der Waals surface area contributed by atoms with Crippen molar-refractivity contribution in [2.24, 2.45) is 0 Å². The largest absolute Gasteiger partial charge is 0.331 e. The van der Waals surface area contributed by atoms with E-state index in [0.717, 1.165) is 17.6 Å². The number of imidazole rings is 1. The van der Waals surface area contributed by atoms with E-state index in [1.165, 1.54) is 15.6 Å². The van der Waals surface area contributed by atoms with Crippen molar-refractivity contribution in [2.45, 2.75) is 6.54 Å². The molecule has 2 aromatic carbocycles. The molecule has 0 aliphatic heterocycles. The van der Waals surface area contributed by atoms with Crippen LogP contribution in [0.5, 0.6) is 0 Å². The lowest BCUT2D eigenvalue weighted by atomic mass is 10.1. The minimum atomic E-state index is 0.636.